The molecular formula is C12H8BrClN2S2. The van der Waals surface area contributed by atoms with E-state index in [-0.39, 0.29) is 0 Å². The van der Waals surface area contributed by atoms with Crippen LogP contribution in [-0.4, -0.2) is 9.55 Å². The zero-order chi connectivity index (χ0) is 12.7. The van der Waals surface area contributed by atoms with Gasteiger partial charge < -0.3 is 9.55 Å². The molecule has 0 bridgehead atoms. The number of imidazole rings is 1. The van der Waals surface area contributed by atoms with E-state index in [0.29, 0.717) is 5.02 Å². The van der Waals surface area contributed by atoms with Crippen LogP contribution in [0.3, 0.4) is 0 Å². The molecule has 0 spiro atoms. The van der Waals surface area contributed by atoms with Gasteiger partial charge in [-0.15, -0.1) is 11.3 Å². The lowest BCUT2D eigenvalue weighted by Crippen LogP contribution is -1.97. The normalized spacial score (nSPS) is 11.2. The summed E-state index contributed by atoms with van der Waals surface area (Å²) in [5.41, 5.74) is 2.05. The topological polar surface area (TPSA) is 20.7 Å². The van der Waals surface area contributed by atoms with Crippen molar-refractivity contribution < 1.29 is 0 Å². The Bertz CT molecular complexity index is 772. The van der Waals surface area contributed by atoms with Gasteiger partial charge in [0.05, 0.1) is 21.4 Å². The Hall–Kier alpha value is -0.620. The smallest absolute Gasteiger partial charge is 0.178 e. The minimum atomic E-state index is 0.713. The van der Waals surface area contributed by atoms with Crippen LogP contribution in [0, 0.1) is 4.77 Å². The van der Waals surface area contributed by atoms with E-state index in [1.807, 2.05) is 18.2 Å². The molecular weight excluding hydrogens is 352 g/mol. The molecule has 0 aliphatic carbocycles. The Kier molecular flexibility index (Phi) is 3.32. The van der Waals surface area contributed by atoms with Crippen molar-refractivity contribution in [2.45, 2.75) is 6.54 Å². The van der Waals surface area contributed by atoms with Gasteiger partial charge in [-0.25, -0.2) is 0 Å². The third-order valence-electron chi connectivity index (χ3n) is 2.68. The van der Waals surface area contributed by atoms with Crippen LogP contribution in [0.1, 0.15) is 4.88 Å². The summed E-state index contributed by atoms with van der Waals surface area (Å²) in [6, 6.07) is 9.92. The van der Waals surface area contributed by atoms with Crippen LogP contribution in [0.2, 0.25) is 5.02 Å². The first-order valence-corrected chi connectivity index (χ1v) is 7.65. The lowest BCUT2D eigenvalue weighted by Gasteiger charge is -2.02. The predicted octanol–water partition coefficient (Wildman–Crippen LogP) is 5.22. The number of halogens is 2. The second kappa shape index (κ2) is 4.81. The van der Waals surface area contributed by atoms with Crippen LogP contribution in [-0.2, 0) is 6.54 Å². The highest BCUT2D eigenvalue weighted by Gasteiger charge is 2.06. The molecule has 0 atom stereocenters. The van der Waals surface area contributed by atoms with Crippen LogP contribution in [0.5, 0.6) is 0 Å². The van der Waals surface area contributed by atoms with Crippen molar-refractivity contribution in [2.24, 2.45) is 0 Å². The fraction of sp³-hybridized carbons (Fsp3) is 0.0833. The maximum Gasteiger partial charge on any atom is 0.178 e. The van der Waals surface area contributed by atoms with Gasteiger partial charge >= 0.3 is 0 Å². The molecule has 1 N–H and O–H groups in total. The lowest BCUT2D eigenvalue weighted by atomic mass is 10.3. The quantitative estimate of drug-likeness (QED) is 0.622. The number of hydrogen-bond donors (Lipinski definition) is 1. The molecule has 0 saturated carbocycles. The number of H-pyrrole nitrogens is 1. The first kappa shape index (κ1) is 12.4. The minimum Gasteiger partial charge on any atom is -0.331 e. The number of fused-ring (bicyclic) bond motifs is 1. The summed E-state index contributed by atoms with van der Waals surface area (Å²) in [6.07, 6.45) is 0. The number of aromatic amines is 1. The summed E-state index contributed by atoms with van der Waals surface area (Å²) >= 11 is 16.5. The van der Waals surface area contributed by atoms with Crippen molar-refractivity contribution in [3.05, 3.63) is 48.8 Å². The van der Waals surface area contributed by atoms with E-state index in [9.17, 15) is 0 Å². The van der Waals surface area contributed by atoms with Gasteiger partial charge in [-0.05, 0) is 58.5 Å². The van der Waals surface area contributed by atoms with Gasteiger partial charge in [0.1, 0.15) is 0 Å². The molecule has 0 aliphatic rings. The molecule has 1 aromatic carbocycles. The molecule has 2 heterocycles. The van der Waals surface area contributed by atoms with Crippen LogP contribution < -0.4 is 0 Å². The van der Waals surface area contributed by atoms with Crippen molar-refractivity contribution in [1.29, 1.82) is 0 Å². The van der Waals surface area contributed by atoms with E-state index in [1.54, 1.807) is 11.3 Å². The van der Waals surface area contributed by atoms with Crippen molar-refractivity contribution in [3.63, 3.8) is 0 Å². The van der Waals surface area contributed by atoms with E-state index >= 15 is 0 Å². The van der Waals surface area contributed by atoms with E-state index in [2.05, 4.69) is 37.6 Å². The fourth-order valence-electron chi connectivity index (χ4n) is 1.89. The fourth-order valence-corrected chi connectivity index (χ4v) is 3.80. The van der Waals surface area contributed by atoms with E-state index in [0.717, 1.165) is 26.1 Å². The zero-order valence-corrected chi connectivity index (χ0v) is 13.1. The highest BCUT2D eigenvalue weighted by Crippen LogP contribution is 2.25. The molecule has 0 saturated heterocycles. The number of nitrogens with zero attached hydrogens (tertiary/aromatic N) is 1. The molecule has 3 rings (SSSR count). The Balaban J connectivity index is 2.11. The number of aromatic nitrogens is 2. The maximum atomic E-state index is 5.98. The van der Waals surface area contributed by atoms with Crippen molar-refractivity contribution in [1.82, 2.24) is 9.55 Å². The molecule has 2 nitrogen and oxygen atoms in total. The zero-order valence-electron chi connectivity index (χ0n) is 9.11. The first-order valence-electron chi connectivity index (χ1n) is 5.26. The molecule has 18 heavy (non-hydrogen) atoms. The lowest BCUT2D eigenvalue weighted by molar-refractivity contribution is 0.823. The average Bonchev–Trinajstić information content (AvgIpc) is 2.84. The number of hydrogen-bond acceptors (Lipinski definition) is 2. The Morgan fingerprint density at radius 1 is 1.33 bits per heavy atom. The average molecular weight is 360 g/mol. The SMILES string of the molecule is S=c1[nH]c2cc(Cl)ccc2n1Cc1ccc(Br)s1. The minimum absolute atomic E-state index is 0.713. The summed E-state index contributed by atoms with van der Waals surface area (Å²) in [6.45, 7) is 0.775. The van der Waals surface area contributed by atoms with Crippen molar-refractivity contribution in [3.8, 4) is 0 Å². The molecule has 3 aromatic rings. The van der Waals surface area contributed by atoms with Gasteiger partial charge in [0.25, 0.3) is 0 Å². The van der Waals surface area contributed by atoms with E-state index < -0.39 is 0 Å². The highest BCUT2D eigenvalue weighted by molar-refractivity contribution is 9.11. The molecule has 0 aliphatic heterocycles. The first-order chi connectivity index (χ1) is 8.63. The molecule has 0 radical (unpaired) electrons. The Morgan fingerprint density at radius 3 is 2.89 bits per heavy atom. The largest absolute Gasteiger partial charge is 0.331 e. The van der Waals surface area contributed by atoms with Gasteiger partial charge in [-0.3, -0.25) is 0 Å². The number of benzene rings is 1. The summed E-state index contributed by atoms with van der Waals surface area (Å²) in [5, 5.41) is 0.713. The standard InChI is InChI=1S/C12H8BrClN2S2/c13-11-4-2-8(18-11)6-16-10-3-1-7(14)5-9(10)15-12(16)17/h1-5H,6H2,(H,15,17). The van der Waals surface area contributed by atoms with Gasteiger partial charge in [0, 0.05) is 9.90 Å². The van der Waals surface area contributed by atoms with Crippen molar-refractivity contribution in [2.75, 3.05) is 0 Å². The number of nitrogens with one attached hydrogen (secondary N) is 1. The van der Waals surface area contributed by atoms with E-state index in [4.69, 9.17) is 23.8 Å². The van der Waals surface area contributed by atoms with E-state index in [1.165, 1.54) is 4.88 Å². The molecule has 92 valence electrons. The summed E-state index contributed by atoms with van der Waals surface area (Å²) < 4.78 is 3.93. The maximum absolute atomic E-state index is 5.98. The third-order valence-corrected chi connectivity index (χ3v) is 4.84. The summed E-state index contributed by atoms with van der Waals surface area (Å²) in [7, 11) is 0. The van der Waals surface area contributed by atoms with Crippen molar-refractivity contribution >= 4 is 62.1 Å². The van der Waals surface area contributed by atoms with Crippen LogP contribution >= 0.6 is 51.1 Å². The predicted molar refractivity (Wildman–Crippen MR) is 83.3 cm³/mol. The van der Waals surface area contributed by atoms with Crippen LogP contribution in [0.15, 0.2) is 34.1 Å². The monoisotopic (exact) mass is 358 g/mol. The molecule has 6 heteroatoms. The van der Waals surface area contributed by atoms with Gasteiger partial charge in [0.15, 0.2) is 4.77 Å². The van der Waals surface area contributed by atoms with Crippen LogP contribution in [0.25, 0.3) is 11.0 Å². The molecule has 0 amide bonds. The number of rotatable bonds is 2. The molecule has 2 aromatic heterocycles. The summed E-state index contributed by atoms with van der Waals surface area (Å²) in [4.78, 5) is 4.44. The summed E-state index contributed by atoms with van der Waals surface area (Å²) in [5.74, 6) is 0. The number of thiophene rings is 1. The van der Waals surface area contributed by atoms with Gasteiger partial charge in [-0.1, -0.05) is 11.6 Å². The van der Waals surface area contributed by atoms with Crippen LogP contribution in [0.4, 0.5) is 0 Å². The third kappa shape index (κ3) is 2.28. The Morgan fingerprint density at radius 2 is 2.17 bits per heavy atom. The highest BCUT2D eigenvalue weighted by atomic mass is 79.9. The van der Waals surface area contributed by atoms with Gasteiger partial charge in [0.2, 0.25) is 0 Å². The molecule has 0 fully saturated rings. The Labute approximate surface area is 126 Å². The second-order valence-electron chi connectivity index (χ2n) is 3.88. The molecule has 0 unspecified atom stereocenters. The second-order valence-corrected chi connectivity index (χ2v) is 7.25. The van der Waals surface area contributed by atoms with Gasteiger partial charge in [-0.2, -0.15) is 0 Å².